The van der Waals surface area contributed by atoms with Crippen molar-refractivity contribution in [2.24, 2.45) is 11.8 Å². The fraction of sp³-hybridized carbons (Fsp3) is 0.588. The van der Waals surface area contributed by atoms with Crippen molar-refractivity contribution in [2.45, 2.75) is 27.2 Å². The van der Waals surface area contributed by atoms with Crippen LogP contribution in [0, 0.1) is 18.8 Å². The number of carbonyl (C=O) groups is 2. The number of aryl methyl sites for hydroxylation is 2. The van der Waals surface area contributed by atoms with Gasteiger partial charge in [0, 0.05) is 51.1 Å². The zero-order chi connectivity index (χ0) is 16.6. The summed E-state index contributed by atoms with van der Waals surface area (Å²) in [6, 6.07) is 1.86. The molecule has 2 aliphatic heterocycles. The highest BCUT2D eigenvalue weighted by Crippen LogP contribution is 2.31. The van der Waals surface area contributed by atoms with E-state index in [1.54, 1.807) is 13.1 Å². The average molecular weight is 316 g/mol. The number of pyridine rings is 1. The quantitative estimate of drug-likeness (QED) is 0.906. The van der Waals surface area contributed by atoms with E-state index >= 15 is 0 Å². The molecule has 0 unspecified atom stereocenters. The van der Waals surface area contributed by atoms with E-state index in [2.05, 4.69) is 10.3 Å². The minimum atomic E-state index is -0.0559. The van der Waals surface area contributed by atoms with Gasteiger partial charge in [-0.15, -0.1) is 0 Å². The van der Waals surface area contributed by atoms with E-state index in [4.69, 9.17) is 0 Å². The summed E-state index contributed by atoms with van der Waals surface area (Å²) in [5.74, 6) is 0.949. The monoisotopic (exact) mass is 316 g/mol. The Balaban J connectivity index is 1.65. The standard InChI is InChI=1S/C17H24N4O2/c1-4-15-16(11(2)5-6-18-15)19-17(23)21-9-13-7-20(12(3)22)8-14(13)10-21/h5-6,13-14H,4,7-10H2,1-3H3,(H,19,23)/t13-,14+. The normalized spacial score (nSPS) is 23.1. The molecule has 0 bridgehead atoms. The van der Waals surface area contributed by atoms with Crippen molar-refractivity contribution in [3.8, 4) is 0 Å². The minimum Gasteiger partial charge on any atom is -0.342 e. The number of carbonyl (C=O) groups excluding carboxylic acids is 2. The predicted molar refractivity (Wildman–Crippen MR) is 88.2 cm³/mol. The molecule has 1 aromatic heterocycles. The molecule has 3 rings (SSSR count). The zero-order valence-corrected chi connectivity index (χ0v) is 14.0. The minimum absolute atomic E-state index is 0.0559. The predicted octanol–water partition coefficient (Wildman–Crippen LogP) is 1.89. The topological polar surface area (TPSA) is 65.5 Å². The van der Waals surface area contributed by atoms with Gasteiger partial charge in [-0.3, -0.25) is 9.78 Å². The lowest BCUT2D eigenvalue weighted by Gasteiger charge is -2.22. The Labute approximate surface area is 136 Å². The fourth-order valence-electron chi connectivity index (χ4n) is 3.66. The maximum absolute atomic E-state index is 12.6. The van der Waals surface area contributed by atoms with E-state index in [-0.39, 0.29) is 11.9 Å². The molecule has 0 aromatic carbocycles. The Kier molecular flexibility index (Phi) is 4.24. The summed E-state index contributed by atoms with van der Waals surface area (Å²) >= 11 is 0. The van der Waals surface area contributed by atoms with Crippen LogP contribution in [0.25, 0.3) is 0 Å². The highest BCUT2D eigenvalue weighted by molar-refractivity contribution is 5.91. The van der Waals surface area contributed by atoms with E-state index in [0.717, 1.165) is 49.5 Å². The molecule has 3 heterocycles. The van der Waals surface area contributed by atoms with E-state index in [1.165, 1.54) is 0 Å². The Morgan fingerprint density at radius 3 is 2.39 bits per heavy atom. The van der Waals surface area contributed by atoms with Crippen molar-refractivity contribution in [1.29, 1.82) is 0 Å². The first-order valence-electron chi connectivity index (χ1n) is 8.25. The van der Waals surface area contributed by atoms with Gasteiger partial charge in [-0.05, 0) is 25.0 Å². The summed E-state index contributed by atoms with van der Waals surface area (Å²) in [5.41, 5.74) is 2.79. The van der Waals surface area contributed by atoms with Crippen LogP contribution in [-0.4, -0.2) is 52.9 Å². The summed E-state index contributed by atoms with van der Waals surface area (Å²) in [4.78, 5) is 32.2. The van der Waals surface area contributed by atoms with Gasteiger partial charge < -0.3 is 15.1 Å². The molecule has 0 spiro atoms. The van der Waals surface area contributed by atoms with Crippen molar-refractivity contribution >= 4 is 17.6 Å². The maximum Gasteiger partial charge on any atom is 0.321 e. The third kappa shape index (κ3) is 3.02. The second-order valence-corrected chi connectivity index (χ2v) is 6.58. The number of rotatable bonds is 2. The Morgan fingerprint density at radius 2 is 1.83 bits per heavy atom. The lowest BCUT2D eigenvalue weighted by molar-refractivity contribution is -0.128. The number of hydrogen-bond donors (Lipinski definition) is 1. The number of anilines is 1. The van der Waals surface area contributed by atoms with Crippen LogP contribution >= 0.6 is 0 Å². The first kappa shape index (κ1) is 15.8. The van der Waals surface area contributed by atoms with Crippen molar-refractivity contribution in [1.82, 2.24) is 14.8 Å². The molecule has 3 amide bonds. The molecular weight excluding hydrogens is 292 g/mol. The summed E-state index contributed by atoms with van der Waals surface area (Å²) in [6.45, 7) is 8.63. The lowest BCUT2D eigenvalue weighted by atomic mass is 10.0. The molecule has 2 atom stereocenters. The van der Waals surface area contributed by atoms with Crippen LogP contribution in [0.2, 0.25) is 0 Å². The van der Waals surface area contributed by atoms with Gasteiger partial charge in [-0.25, -0.2) is 4.79 Å². The van der Waals surface area contributed by atoms with Gasteiger partial charge in [0.25, 0.3) is 0 Å². The van der Waals surface area contributed by atoms with Gasteiger partial charge in [-0.2, -0.15) is 0 Å². The molecule has 0 aliphatic carbocycles. The van der Waals surface area contributed by atoms with Crippen LogP contribution in [0.1, 0.15) is 25.1 Å². The summed E-state index contributed by atoms with van der Waals surface area (Å²) in [6.07, 6.45) is 2.57. The molecule has 1 aromatic rings. The molecule has 0 radical (unpaired) electrons. The van der Waals surface area contributed by atoms with Crippen LogP contribution in [0.15, 0.2) is 12.3 Å². The highest BCUT2D eigenvalue weighted by atomic mass is 16.2. The number of amides is 3. The zero-order valence-electron chi connectivity index (χ0n) is 14.0. The van der Waals surface area contributed by atoms with E-state index in [9.17, 15) is 9.59 Å². The molecule has 124 valence electrons. The number of aromatic nitrogens is 1. The third-order valence-corrected chi connectivity index (χ3v) is 5.02. The smallest absolute Gasteiger partial charge is 0.321 e. The summed E-state index contributed by atoms with van der Waals surface area (Å²) in [5, 5.41) is 3.04. The van der Waals surface area contributed by atoms with Gasteiger partial charge in [0.05, 0.1) is 11.4 Å². The van der Waals surface area contributed by atoms with Crippen molar-refractivity contribution in [3.63, 3.8) is 0 Å². The molecule has 1 N–H and O–H groups in total. The van der Waals surface area contributed by atoms with Gasteiger partial charge in [0.1, 0.15) is 0 Å². The number of fused-ring (bicyclic) bond motifs is 1. The Morgan fingerprint density at radius 1 is 1.22 bits per heavy atom. The summed E-state index contributed by atoms with van der Waals surface area (Å²) in [7, 11) is 0. The van der Waals surface area contributed by atoms with E-state index in [0.29, 0.717) is 11.8 Å². The first-order valence-corrected chi connectivity index (χ1v) is 8.25. The van der Waals surface area contributed by atoms with Crippen LogP contribution in [-0.2, 0) is 11.2 Å². The molecule has 23 heavy (non-hydrogen) atoms. The number of likely N-dealkylation sites (tertiary alicyclic amines) is 2. The molecule has 2 saturated heterocycles. The maximum atomic E-state index is 12.6. The van der Waals surface area contributed by atoms with E-state index in [1.807, 2.05) is 29.7 Å². The number of nitrogens with zero attached hydrogens (tertiary/aromatic N) is 3. The average Bonchev–Trinajstić information content (AvgIpc) is 3.07. The Hall–Kier alpha value is -2.11. The molecule has 2 aliphatic rings. The van der Waals surface area contributed by atoms with Crippen molar-refractivity contribution in [2.75, 3.05) is 31.5 Å². The second kappa shape index (κ2) is 6.18. The SMILES string of the molecule is CCc1nccc(C)c1NC(=O)N1C[C@H]2CN(C(C)=O)C[C@H]2C1. The van der Waals surface area contributed by atoms with Gasteiger partial charge in [-0.1, -0.05) is 6.92 Å². The van der Waals surface area contributed by atoms with E-state index < -0.39 is 0 Å². The number of nitrogens with one attached hydrogen (secondary N) is 1. The second-order valence-electron chi connectivity index (χ2n) is 6.58. The first-order chi connectivity index (χ1) is 11.0. The van der Waals surface area contributed by atoms with Gasteiger partial charge in [0.2, 0.25) is 5.91 Å². The van der Waals surface area contributed by atoms with Crippen LogP contribution in [0.3, 0.4) is 0 Å². The molecule has 6 nitrogen and oxygen atoms in total. The molecule has 6 heteroatoms. The van der Waals surface area contributed by atoms with Gasteiger partial charge >= 0.3 is 6.03 Å². The number of hydrogen-bond acceptors (Lipinski definition) is 3. The van der Waals surface area contributed by atoms with Crippen molar-refractivity contribution < 1.29 is 9.59 Å². The molecular formula is C17H24N4O2. The van der Waals surface area contributed by atoms with Crippen molar-refractivity contribution in [3.05, 3.63) is 23.5 Å². The Bertz CT molecular complexity index is 617. The molecule has 0 saturated carbocycles. The van der Waals surface area contributed by atoms with Crippen LogP contribution < -0.4 is 5.32 Å². The molecule has 2 fully saturated rings. The van der Waals surface area contributed by atoms with Gasteiger partial charge in [0.15, 0.2) is 0 Å². The van der Waals surface area contributed by atoms with Crippen LogP contribution in [0.5, 0.6) is 0 Å². The lowest BCUT2D eigenvalue weighted by Crippen LogP contribution is -2.37. The number of urea groups is 1. The summed E-state index contributed by atoms with van der Waals surface area (Å²) < 4.78 is 0. The van der Waals surface area contributed by atoms with Crippen LogP contribution in [0.4, 0.5) is 10.5 Å². The third-order valence-electron chi connectivity index (χ3n) is 5.02. The highest BCUT2D eigenvalue weighted by Gasteiger charge is 2.42. The largest absolute Gasteiger partial charge is 0.342 e. The fourth-order valence-corrected chi connectivity index (χ4v) is 3.66.